The molecule has 0 fully saturated rings. The van der Waals surface area contributed by atoms with Gasteiger partial charge in [0.2, 0.25) is 0 Å². The van der Waals surface area contributed by atoms with Gasteiger partial charge in [0.05, 0.1) is 26.8 Å². The normalized spacial score (nSPS) is 10.8. The first-order chi connectivity index (χ1) is 12.6. The number of anilines is 2. The van der Waals surface area contributed by atoms with Crippen LogP contribution in [0.15, 0.2) is 77.6 Å². The van der Waals surface area contributed by atoms with E-state index in [9.17, 15) is 4.79 Å². The van der Waals surface area contributed by atoms with Crippen molar-refractivity contribution < 1.29 is 0 Å². The molecule has 3 nitrogen and oxygen atoms in total. The van der Waals surface area contributed by atoms with Crippen LogP contribution in [-0.4, -0.2) is 4.98 Å². The van der Waals surface area contributed by atoms with Gasteiger partial charge in [0, 0.05) is 11.1 Å². The molecule has 26 heavy (non-hydrogen) atoms. The summed E-state index contributed by atoms with van der Waals surface area (Å²) in [5, 5.41) is 4.99. The SMILES string of the molecule is O=c1[nH]c2c(Cl)ccc(Cl)c2c(Nc2ccccc2)c1-c1ccccc1. The van der Waals surface area contributed by atoms with Crippen LogP contribution < -0.4 is 10.9 Å². The zero-order valence-corrected chi connectivity index (χ0v) is 15.1. The number of nitrogens with one attached hydrogen (secondary N) is 2. The van der Waals surface area contributed by atoms with E-state index in [0.29, 0.717) is 32.2 Å². The topological polar surface area (TPSA) is 44.9 Å². The van der Waals surface area contributed by atoms with Crippen molar-refractivity contribution in [3.05, 3.63) is 93.2 Å². The number of hydrogen-bond acceptors (Lipinski definition) is 2. The highest BCUT2D eigenvalue weighted by Crippen LogP contribution is 2.39. The highest BCUT2D eigenvalue weighted by atomic mass is 35.5. The lowest BCUT2D eigenvalue weighted by molar-refractivity contribution is 1.30. The van der Waals surface area contributed by atoms with Crippen LogP contribution in [0.3, 0.4) is 0 Å². The summed E-state index contributed by atoms with van der Waals surface area (Å²) in [7, 11) is 0. The monoisotopic (exact) mass is 380 g/mol. The number of halogens is 2. The number of fused-ring (bicyclic) bond motifs is 1. The molecule has 4 aromatic rings. The maximum absolute atomic E-state index is 12.9. The Bertz CT molecular complexity index is 1140. The third-order valence-corrected chi connectivity index (χ3v) is 4.80. The molecule has 128 valence electrons. The second-order valence-electron chi connectivity index (χ2n) is 5.84. The Morgan fingerprint density at radius 3 is 2.08 bits per heavy atom. The van der Waals surface area contributed by atoms with E-state index in [1.54, 1.807) is 12.1 Å². The van der Waals surface area contributed by atoms with Gasteiger partial charge in [-0.05, 0) is 29.8 Å². The second kappa shape index (κ2) is 6.87. The van der Waals surface area contributed by atoms with Crippen LogP contribution in [0.25, 0.3) is 22.0 Å². The Morgan fingerprint density at radius 1 is 0.769 bits per heavy atom. The van der Waals surface area contributed by atoms with Crippen LogP contribution in [0.5, 0.6) is 0 Å². The zero-order chi connectivity index (χ0) is 18.1. The number of rotatable bonds is 3. The molecule has 1 heterocycles. The molecule has 0 aliphatic carbocycles. The van der Waals surface area contributed by atoms with Gasteiger partial charge in [0.25, 0.3) is 5.56 Å². The Labute approximate surface area is 160 Å². The standard InChI is InChI=1S/C21H14Cl2N2O/c22-15-11-12-16(23)19-18(15)20(24-14-9-5-2-6-10-14)17(21(26)25-19)13-7-3-1-4-8-13/h1-12H,(H2,24,25,26). The van der Waals surface area contributed by atoms with Crippen LogP contribution in [0.4, 0.5) is 11.4 Å². The smallest absolute Gasteiger partial charge is 0.258 e. The number of aromatic nitrogens is 1. The molecule has 4 rings (SSSR count). The van der Waals surface area contributed by atoms with Crippen molar-refractivity contribution in [1.82, 2.24) is 4.98 Å². The van der Waals surface area contributed by atoms with Crippen LogP contribution in [-0.2, 0) is 0 Å². The van der Waals surface area contributed by atoms with Crippen molar-refractivity contribution in [3.63, 3.8) is 0 Å². The molecule has 3 aromatic carbocycles. The van der Waals surface area contributed by atoms with Gasteiger partial charge in [-0.15, -0.1) is 0 Å². The number of pyridine rings is 1. The fourth-order valence-electron chi connectivity index (χ4n) is 3.00. The Hall–Kier alpha value is -2.75. The number of benzene rings is 3. The van der Waals surface area contributed by atoms with Crippen molar-refractivity contribution in [2.24, 2.45) is 0 Å². The van der Waals surface area contributed by atoms with Crippen molar-refractivity contribution in [1.29, 1.82) is 0 Å². The average molecular weight is 381 g/mol. The number of H-pyrrole nitrogens is 1. The molecule has 0 amide bonds. The van der Waals surface area contributed by atoms with Gasteiger partial charge in [-0.3, -0.25) is 4.79 Å². The van der Waals surface area contributed by atoms with E-state index in [4.69, 9.17) is 23.2 Å². The maximum Gasteiger partial charge on any atom is 0.258 e. The predicted molar refractivity (Wildman–Crippen MR) is 110 cm³/mol. The molecule has 0 aliphatic rings. The van der Waals surface area contributed by atoms with E-state index in [0.717, 1.165) is 11.3 Å². The maximum atomic E-state index is 12.9. The lowest BCUT2D eigenvalue weighted by Gasteiger charge is -2.16. The molecule has 0 bridgehead atoms. The quantitative estimate of drug-likeness (QED) is 0.441. The molecule has 0 atom stereocenters. The fraction of sp³-hybridized carbons (Fsp3) is 0. The Morgan fingerprint density at radius 2 is 1.38 bits per heavy atom. The minimum Gasteiger partial charge on any atom is -0.354 e. The predicted octanol–water partition coefficient (Wildman–Crippen LogP) is 6.25. The van der Waals surface area contributed by atoms with E-state index in [1.165, 1.54) is 0 Å². The summed E-state index contributed by atoms with van der Waals surface area (Å²) in [4.78, 5) is 15.8. The summed E-state index contributed by atoms with van der Waals surface area (Å²) in [6.07, 6.45) is 0. The summed E-state index contributed by atoms with van der Waals surface area (Å²) in [6, 6.07) is 22.5. The Balaban J connectivity index is 2.10. The third-order valence-electron chi connectivity index (χ3n) is 4.17. The highest BCUT2D eigenvalue weighted by molar-refractivity contribution is 6.41. The number of hydrogen-bond donors (Lipinski definition) is 2. The summed E-state index contributed by atoms with van der Waals surface area (Å²) < 4.78 is 0. The van der Waals surface area contributed by atoms with Gasteiger partial charge in [0.15, 0.2) is 0 Å². The summed E-state index contributed by atoms with van der Waals surface area (Å²) in [6.45, 7) is 0. The van der Waals surface area contributed by atoms with Gasteiger partial charge in [-0.2, -0.15) is 0 Å². The number of aromatic amines is 1. The molecular weight excluding hydrogens is 367 g/mol. The summed E-state index contributed by atoms with van der Waals surface area (Å²) in [5.74, 6) is 0. The van der Waals surface area contributed by atoms with Gasteiger partial charge in [-0.1, -0.05) is 71.7 Å². The Kier molecular flexibility index (Phi) is 4.41. The molecule has 5 heteroatoms. The molecule has 2 N–H and O–H groups in total. The molecule has 1 aromatic heterocycles. The third kappa shape index (κ3) is 2.96. The van der Waals surface area contributed by atoms with E-state index in [-0.39, 0.29) is 5.56 Å². The molecule has 0 aliphatic heterocycles. The van der Waals surface area contributed by atoms with Crippen LogP contribution in [0.2, 0.25) is 10.0 Å². The molecule has 0 saturated carbocycles. The zero-order valence-electron chi connectivity index (χ0n) is 13.6. The minimum atomic E-state index is -0.230. The van der Waals surface area contributed by atoms with Gasteiger partial charge < -0.3 is 10.3 Å². The number of para-hydroxylation sites is 1. The average Bonchev–Trinajstić information content (AvgIpc) is 2.66. The van der Waals surface area contributed by atoms with Crippen molar-refractivity contribution in [2.45, 2.75) is 0 Å². The largest absolute Gasteiger partial charge is 0.354 e. The van der Waals surface area contributed by atoms with E-state index < -0.39 is 0 Å². The van der Waals surface area contributed by atoms with Crippen molar-refractivity contribution >= 4 is 45.5 Å². The van der Waals surface area contributed by atoms with Crippen molar-refractivity contribution in [2.75, 3.05) is 5.32 Å². The molecule has 0 spiro atoms. The van der Waals surface area contributed by atoms with E-state index in [2.05, 4.69) is 10.3 Å². The first-order valence-corrected chi connectivity index (χ1v) is 8.82. The van der Waals surface area contributed by atoms with Crippen molar-refractivity contribution in [3.8, 4) is 11.1 Å². The molecule has 0 unspecified atom stereocenters. The summed E-state index contributed by atoms with van der Waals surface area (Å²) in [5.41, 5.74) is 3.09. The van der Waals surface area contributed by atoms with Gasteiger partial charge in [0.1, 0.15) is 0 Å². The van der Waals surface area contributed by atoms with Crippen LogP contribution in [0.1, 0.15) is 0 Å². The first-order valence-electron chi connectivity index (χ1n) is 8.06. The fourth-order valence-corrected chi connectivity index (χ4v) is 3.46. The summed E-state index contributed by atoms with van der Waals surface area (Å²) >= 11 is 12.8. The lowest BCUT2D eigenvalue weighted by Crippen LogP contribution is -2.13. The second-order valence-corrected chi connectivity index (χ2v) is 6.65. The van der Waals surface area contributed by atoms with E-state index in [1.807, 2.05) is 60.7 Å². The van der Waals surface area contributed by atoms with Crippen LogP contribution in [0, 0.1) is 0 Å². The molecular formula is C21H14Cl2N2O. The lowest BCUT2D eigenvalue weighted by atomic mass is 10.0. The van der Waals surface area contributed by atoms with Crippen LogP contribution >= 0.6 is 23.2 Å². The molecule has 0 saturated heterocycles. The highest BCUT2D eigenvalue weighted by Gasteiger charge is 2.18. The first kappa shape index (κ1) is 16.7. The van der Waals surface area contributed by atoms with Gasteiger partial charge in [-0.25, -0.2) is 0 Å². The minimum absolute atomic E-state index is 0.230. The van der Waals surface area contributed by atoms with Gasteiger partial charge >= 0.3 is 0 Å². The molecule has 0 radical (unpaired) electrons. The van der Waals surface area contributed by atoms with E-state index >= 15 is 0 Å².